The summed E-state index contributed by atoms with van der Waals surface area (Å²) in [6, 6.07) is 30.0. The van der Waals surface area contributed by atoms with E-state index in [-0.39, 0.29) is 12.0 Å². The van der Waals surface area contributed by atoms with Crippen LogP contribution in [0.3, 0.4) is 0 Å². The second kappa shape index (κ2) is 7.57. The van der Waals surface area contributed by atoms with Crippen molar-refractivity contribution < 1.29 is 9.53 Å². The second-order valence-electron chi connectivity index (χ2n) is 7.93. The van der Waals surface area contributed by atoms with Crippen molar-refractivity contribution in [1.82, 2.24) is 9.55 Å². The van der Waals surface area contributed by atoms with Gasteiger partial charge in [0.1, 0.15) is 12.3 Å². The molecular formula is C28H18N2O3. The minimum Gasteiger partial charge on any atom is -0.424 e. The van der Waals surface area contributed by atoms with Gasteiger partial charge in [-0.05, 0) is 48.5 Å². The Bertz CT molecular complexity index is 1710. The Morgan fingerprint density at radius 1 is 0.727 bits per heavy atom. The van der Waals surface area contributed by atoms with E-state index in [2.05, 4.69) is 4.98 Å². The molecule has 0 atom stereocenters. The third-order valence-electron chi connectivity index (χ3n) is 5.91. The zero-order valence-corrected chi connectivity index (χ0v) is 17.6. The van der Waals surface area contributed by atoms with Crippen molar-refractivity contribution in [1.29, 1.82) is 0 Å². The fraction of sp³-hybridized carbons (Fsp3) is 0.0357. The van der Waals surface area contributed by atoms with Gasteiger partial charge in [0.2, 0.25) is 0 Å². The summed E-state index contributed by atoms with van der Waals surface area (Å²) in [7, 11) is 0. The Hall–Kier alpha value is -4.51. The van der Waals surface area contributed by atoms with Crippen LogP contribution in [0.1, 0.15) is 0 Å². The molecule has 0 spiro atoms. The maximum Gasteiger partial charge on any atom is 0.331 e. The number of hydrogen-bond acceptors (Lipinski definition) is 4. The standard InChI is InChI=1S/C28H18N2O3/c31-27(33-26-15-7-12-23-21(26)16-18-8-1-4-11-22(18)29-23)17-30-24-13-5-2-9-19(24)28(32)20-10-3-6-14-25(20)30/h1-16H,17H2. The van der Waals surface area contributed by atoms with Crippen molar-refractivity contribution in [2.45, 2.75) is 6.54 Å². The lowest BCUT2D eigenvalue weighted by molar-refractivity contribution is -0.134. The van der Waals surface area contributed by atoms with Crippen LogP contribution in [-0.4, -0.2) is 15.5 Å². The van der Waals surface area contributed by atoms with E-state index in [1.54, 1.807) is 18.2 Å². The van der Waals surface area contributed by atoms with Gasteiger partial charge < -0.3 is 9.30 Å². The Kier molecular flexibility index (Phi) is 4.40. The summed E-state index contributed by atoms with van der Waals surface area (Å²) in [5, 5.41) is 2.90. The Labute approximate surface area is 188 Å². The van der Waals surface area contributed by atoms with Gasteiger partial charge in [-0.3, -0.25) is 4.79 Å². The number of hydrogen-bond donors (Lipinski definition) is 0. The fourth-order valence-electron chi connectivity index (χ4n) is 4.39. The summed E-state index contributed by atoms with van der Waals surface area (Å²) in [4.78, 5) is 30.7. The van der Waals surface area contributed by atoms with Crippen LogP contribution < -0.4 is 10.2 Å². The first-order valence-electron chi connectivity index (χ1n) is 10.7. The quantitative estimate of drug-likeness (QED) is 0.212. The van der Waals surface area contributed by atoms with Crippen LogP contribution in [0.2, 0.25) is 0 Å². The molecule has 0 N–H and O–H groups in total. The van der Waals surface area contributed by atoms with E-state index in [1.807, 2.05) is 83.4 Å². The van der Waals surface area contributed by atoms with Gasteiger partial charge in [-0.1, -0.05) is 48.5 Å². The van der Waals surface area contributed by atoms with Gasteiger partial charge in [0.05, 0.1) is 22.1 Å². The molecule has 0 bridgehead atoms. The number of fused-ring (bicyclic) bond motifs is 4. The molecular weight excluding hydrogens is 412 g/mol. The molecule has 0 amide bonds. The summed E-state index contributed by atoms with van der Waals surface area (Å²) < 4.78 is 7.67. The van der Waals surface area contributed by atoms with Gasteiger partial charge in [-0.25, -0.2) is 9.78 Å². The lowest BCUT2D eigenvalue weighted by Gasteiger charge is -2.15. The van der Waals surface area contributed by atoms with Crippen molar-refractivity contribution >= 4 is 49.6 Å². The molecule has 6 aromatic rings. The van der Waals surface area contributed by atoms with Crippen molar-refractivity contribution in [3.8, 4) is 5.75 Å². The van der Waals surface area contributed by atoms with Crippen LogP contribution >= 0.6 is 0 Å². The van der Waals surface area contributed by atoms with Crippen molar-refractivity contribution in [2.24, 2.45) is 0 Å². The number of benzene rings is 4. The molecule has 5 heteroatoms. The molecule has 0 saturated heterocycles. The topological polar surface area (TPSA) is 61.2 Å². The molecule has 2 aromatic heterocycles. The first-order valence-corrected chi connectivity index (χ1v) is 10.7. The van der Waals surface area contributed by atoms with Crippen LogP contribution in [-0.2, 0) is 11.3 Å². The summed E-state index contributed by atoms with van der Waals surface area (Å²) in [6.45, 7) is -0.0291. The number of rotatable bonds is 3. The van der Waals surface area contributed by atoms with Gasteiger partial charge in [0, 0.05) is 21.5 Å². The van der Waals surface area contributed by atoms with E-state index in [0.717, 1.165) is 21.8 Å². The number of pyridine rings is 2. The Morgan fingerprint density at radius 3 is 2.12 bits per heavy atom. The number of esters is 1. The largest absolute Gasteiger partial charge is 0.424 e. The summed E-state index contributed by atoms with van der Waals surface area (Å²) in [5.74, 6) is 0.0417. The molecule has 158 valence electrons. The average molecular weight is 430 g/mol. The molecule has 2 heterocycles. The third-order valence-corrected chi connectivity index (χ3v) is 5.91. The zero-order chi connectivity index (χ0) is 22.4. The minimum absolute atomic E-state index is 0.0291. The predicted octanol–water partition coefficient (Wildman–Crippen LogP) is 5.46. The second-order valence-corrected chi connectivity index (χ2v) is 7.93. The van der Waals surface area contributed by atoms with Crippen LogP contribution in [0, 0.1) is 0 Å². The lowest BCUT2D eigenvalue weighted by Crippen LogP contribution is -2.20. The van der Waals surface area contributed by atoms with Crippen LogP contribution in [0.5, 0.6) is 5.75 Å². The van der Waals surface area contributed by atoms with Gasteiger partial charge in [0.15, 0.2) is 5.43 Å². The molecule has 0 aliphatic rings. The molecule has 0 radical (unpaired) electrons. The molecule has 5 nitrogen and oxygen atoms in total. The number of ether oxygens (including phenoxy) is 1. The minimum atomic E-state index is -0.422. The van der Waals surface area contributed by atoms with Gasteiger partial charge in [-0.15, -0.1) is 0 Å². The van der Waals surface area contributed by atoms with E-state index >= 15 is 0 Å². The predicted molar refractivity (Wildman–Crippen MR) is 131 cm³/mol. The molecule has 0 fully saturated rings. The third kappa shape index (κ3) is 3.22. The normalized spacial score (nSPS) is 11.4. The first kappa shape index (κ1) is 19.2. The van der Waals surface area contributed by atoms with Gasteiger partial charge in [0.25, 0.3) is 0 Å². The highest BCUT2D eigenvalue weighted by atomic mass is 16.5. The van der Waals surface area contributed by atoms with Crippen molar-refractivity contribution in [3.05, 3.63) is 107 Å². The zero-order valence-electron chi connectivity index (χ0n) is 17.6. The van der Waals surface area contributed by atoms with E-state index < -0.39 is 5.97 Å². The summed E-state index contributed by atoms with van der Waals surface area (Å²) in [5.41, 5.74) is 3.00. The van der Waals surface area contributed by atoms with Crippen molar-refractivity contribution in [2.75, 3.05) is 0 Å². The number of carbonyl (C=O) groups is 1. The molecule has 0 aliphatic carbocycles. The number of para-hydroxylation sites is 3. The Morgan fingerprint density at radius 2 is 1.36 bits per heavy atom. The molecule has 33 heavy (non-hydrogen) atoms. The summed E-state index contributed by atoms with van der Waals surface area (Å²) in [6.07, 6.45) is 0. The fourth-order valence-corrected chi connectivity index (χ4v) is 4.39. The van der Waals surface area contributed by atoms with E-state index in [4.69, 9.17) is 4.74 Å². The molecule has 4 aromatic carbocycles. The molecule has 6 rings (SSSR count). The molecule has 0 unspecified atom stereocenters. The van der Waals surface area contributed by atoms with E-state index in [1.165, 1.54) is 0 Å². The van der Waals surface area contributed by atoms with E-state index in [9.17, 15) is 9.59 Å². The van der Waals surface area contributed by atoms with Gasteiger partial charge >= 0.3 is 5.97 Å². The number of carbonyl (C=O) groups excluding carboxylic acids is 1. The number of aromatic nitrogens is 2. The number of nitrogens with zero attached hydrogens (tertiary/aromatic N) is 2. The Balaban J connectivity index is 1.44. The lowest BCUT2D eigenvalue weighted by atomic mass is 10.1. The van der Waals surface area contributed by atoms with Gasteiger partial charge in [-0.2, -0.15) is 0 Å². The maximum atomic E-state index is 13.1. The molecule has 0 saturated carbocycles. The SMILES string of the molecule is O=C(Cn1c2ccccc2c(=O)c2ccccc21)Oc1cccc2nc3ccccc3cc12. The average Bonchev–Trinajstić information content (AvgIpc) is 2.85. The smallest absolute Gasteiger partial charge is 0.331 e. The van der Waals surface area contributed by atoms with Crippen molar-refractivity contribution in [3.63, 3.8) is 0 Å². The summed E-state index contributed by atoms with van der Waals surface area (Å²) >= 11 is 0. The maximum absolute atomic E-state index is 13.1. The van der Waals surface area contributed by atoms with Crippen LogP contribution in [0.25, 0.3) is 43.6 Å². The highest BCUT2D eigenvalue weighted by Crippen LogP contribution is 2.28. The molecule has 0 aliphatic heterocycles. The van der Waals surface area contributed by atoms with Crippen LogP contribution in [0.15, 0.2) is 102 Å². The van der Waals surface area contributed by atoms with Crippen LogP contribution in [0.4, 0.5) is 0 Å². The van der Waals surface area contributed by atoms with E-state index in [0.29, 0.717) is 27.6 Å². The highest BCUT2D eigenvalue weighted by molar-refractivity contribution is 5.98. The highest BCUT2D eigenvalue weighted by Gasteiger charge is 2.15. The first-order chi connectivity index (χ1) is 16.2. The monoisotopic (exact) mass is 430 g/mol.